The van der Waals surface area contributed by atoms with E-state index < -0.39 is 6.03 Å². The Hall–Kier alpha value is -3.55. The molecular weight excluding hydrogens is 374 g/mol. The molecular formula is C21H21N3O5. The lowest BCUT2D eigenvalue weighted by atomic mass is 10.1. The van der Waals surface area contributed by atoms with Crippen molar-refractivity contribution >= 4 is 29.1 Å². The van der Waals surface area contributed by atoms with Crippen LogP contribution in [0.4, 0.5) is 16.2 Å². The van der Waals surface area contributed by atoms with Crippen LogP contribution in [0.1, 0.15) is 23.7 Å². The summed E-state index contributed by atoms with van der Waals surface area (Å²) in [6, 6.07) is 11.3. The van der Waals surface area contributed by atoms with Crippen molar-refractivity contribution in [3.05, 3.63) is 48.0 Å². The molecule has 2 aromatic rings. The maximum atomic E-state index is 12.4. The highest BCUT2D eigenvalue weighted by Crippen LogP contribution is 2.35. The average Bonchev–Trinajstić information content (AvgIpc) is 3.07. The fourth-order valence-corrected chi connectivity index (χ4v) is 3.39. The minimum absolute atomic E-state index is 0.0373. The van der Waals surface area contributed by atoms with Gasteiger partial charge >= 0.3 is 6.03 Å². The van der Waals surface area contributed by atoms with E-state index in [0.29, 0.717) is 48.2 Å². The van der Waals surface area contributed by atoms with Gasteiger partial charge in [0.15, 0.2) is 17.3 Å². The third-order valence-corrected chi connectivity index (χ3v) is 4.85. The number of ether oxygens (including phenoxy) is 2. The van der Waals surface area contributed by atoms with E-state index in [1.54, 1.807) is 41.3 Å². The zero-order chi connectivity index (χ0) is 20.4. The second-order valence-electron chi connectivity index (χ2n) is 6.97. The van der Waals surface area contributed by atoms with Crippen LogP contribution in [0.5, 0.6) is 11.5 Å². The third kappa shape index (κ3) is 4.16. The van der Waals surface area contributed by atoms with Gasteiger partial charge in [-0.1, -0.05) is 0 Å². The fourth-order valence-electron chi connectivity index (χ4n) is 3.39. The number of anilines is 2. The van der Waals surface area contributed by atoms with Gasteiger partial charge in [0.2, 0.25) is 5.91 Å². The molecule has 8 heteroatoms. The first-order valence-electron chi connectivity index (χ1n) is 9.38. The number of hydrogen-bond acceptors (Lipinski definition) is 5. The number of benzene rings is 2. The summed E-state index contributed by atoms with van der Waals surface area (Å²) in [5.74, 6) is 1.17. The van der Waals surface area contributed by atoms with Crippen LogP contribution in [-0.4, -0.2) is 43.5 Å². The van der Waals surface area contributed by atoms with Crippen molar-refractivity contribution in [2.24, 2.45) is 0 Å². The molecule has 0 spiro atoms. The summed E-state index contributed by atoms with van der Waals surface area (Å²) in [4.78, 5) is 37.7. The van der Waals surface area contributed by atoms with Gasteiger partial charge in [-0.2, -0.15) is 0 Å². The van der Waals surface area contributed by atoms with Crippen LogP contribution in [-0.2, 0) is 4.79 Å². The first kappa shape index (κ1) is 18.8. The van der Waals surface area contributed by atoms with Crippen molar-refractivity contribution in [3.8, 4) is 11.5 Å². The summed E-state index contributed by atoms with van der Waals surface area (Å²) in [6.45, 7) is 2.84. The van der Waals surface area contributed by atoms with E-state index in [1.807, 2.05) is 6.07 Å². The number of Topliss-reactive ketones (excluding diaryl/α,β-unsaturated/α-hetero) is 1. The molecule has 150 valence electrons. The maximum absolute atomic E-state index is 12.4. The molecule has 0 bridgehead atoms. The predicted octanol–water partition coefficient (Wildman–Crippen LogP) is 2.59. The molecule has 1 saturated heterocycles. The highest BCUT2D eigenvalue weighted by atomic mass is 16.6. The molecule has 2 aromatic carbocycles. The van der Waals surface area contributed by atoms with Gasteiger partial charge in [-0.3, -0.25) is 9.59 Å². The summed E-state index contributed by atoms with van der Waals surface area (Å²) in [6.07, 6.45) is 0.213. The van der Waals surface area contributed by atoms with Crippen LogP contribution >= 0.6 is 0 Å². The lowest BCUT2D eigenvalue weighted by molar-refractivity contribution is -0.117. The molecule has 2 heterocycles. The van der Waals surface area contributed by atoms with E-state index in [-0.39, 0.29) is 24.2 Å². The van der Waals surface area contributed by atoms with Gasteiger partial charge in [-0.25, -0.2) is 4.79 Å². The highest BCUT2D eigenvalue weighted by molar-refractivity contribution is 5.98. The normalized spacial score (nSPS) is 17.8. The van der Waals surface area contributed by atoms with E-state index >= 15 is 0 Å². The third-order valence-electron chi connectivity index (χ3n) is 4.85. The van der Waals surface area contributed by atoms with E-state index in [4.69, 9.17) is 9.47 Å². The van der Waals surface area contributed by atoms with Crippen molar-refractivity contribution in [2.75, 3.05) is 30.0 Å². The van der Waals surface area contributed by atoms with Crippen molar-refractivity contribution < 1.29 is 23.9 Å². The molecule has 0 aliphatic carbocycles. The van der Waals surface area contributed by atoms with Gasteiger partial charge in [-0.05, 0) is 43.3 Å². The van der Waals surface area contributed by atoms with E-state index in [2.05, 4.69) is 10.6 Å². The number of hydrogen-bond donors (Lipinski definition) is 2. The number of nitrogens with one attached hydrogen (secondary N) is 2. The Kier molecular flexibility index (Phi) is 5.07. The van der Waals surface area contributed by atoms with Crippen molar-refractivity contribution in [2.45, 2.75) is 19.4 Å². The number of rotatable bonds is 4. The van der Waals surface area contributed by atoms with Crippen molar-refractivity contribution in [1.82, 2.24) is 5.32 Å². The van der Waals surface area contributed by atoms with Crippen LogP contribution < -0.4 is 25.0 Å². The van der Waals surface area contributed by atoms with Crippen LogP contribution in [0.15, 0.2) is 42.5 Å². The van der Waals surface area contributed by atoms with Gasteiger partial charge in [0, 0.05) is 36.0 Å². The van der Waals surface area contributed by atoms with Crippen molar-refractivity contribution in [3.63, 3.8) is 0 Å². The summed E-state index contributed by atoms with van der Waals surface area (Å²) < 4.78 is 11.1. The van der Waals surface area contributed by atoms with E-state index in [1.165, 1.54) is 6.92 Å². The number of amides is 3. The Morgan fingerprint density at radius 3 is 2.48 bits per heavy atom. The van der Waals surface area contributed by atoms with Crippen LogP contribution in [0.25, 0.3) is 0 Å². The quantitative estimate of drug-likeness (QED) is 0.776. The second kappa shape index (κ2) is 7.83. The molecule has 0 radical (unpaired) electrons. The second-order valence-corrected chi connectivity index (χ2v) is 6.97. The monoisotopic (exact) mass is 395 g/mol. The fraction of sp³-hybridized carbons (Fsp3) is 0.286. The standard InChI is InChI=1S/C21H21N3O5/c1-13(25)14-2-4-15(5-3-14)22-21(27)23-16-10-20(26)24(12-16)17-6-7-18-19(11-17)29-9-8-28-18/h2-7,11,16H,8-10,12H2,1H3,(H2,22,23,27)/t16-/m1/s1. The Morgan fingerprint density at radius 2 is 1.76 bits per heavy atom. The van der Waals surface area contributed by atoms with Gasteiger partial charge in [-0.15, -0.1) is 0 Å². The van der Waals surface area contributed by atoms with E-state index in [9.17, 15) is 14.4 Å². The van der Waals surface area contributed by atoms with Gasteiger partial charge < -0.3 is 25.0 Å². The molecule has 8 nitrogen and oxygen atoms in total. The van der Waals surface area contributed by atoms with Gasteiger partial charge in [0.05, 0.1) is 6.04 Å². The summed E-state index contributed by atoms with van der Waals surface area (Å²) in [5, 5.41) is 5.54. The number of ketones is 1. The molecule has 4 rings (SSSR count). The van der Waals surface area contributed by atoms with Gasteiger partial charge in [0.1, 0.15) is 13.2 Å². The number of carbonyl (C=O) groups is 3. The average molecular weight is 395 g/mol. The van der Waals surface area contributed by atoms with Crippen LogP contribution in [0.2, 0.25) is 0 Å². The highest BCUT2D eigenvalue weighted by Gasteiger charge is 2.32. The molecule has 0 aromatic heterocycles. The summed E-state index contributed by atoms with van der Waals surface area (Å²) in [5.41, 5.74) is 1.86. The molecule has 0 unspecified atom stereocenters. The molecule has 2 aliphatic heterocycles. The first-order valence-corrected chi connectivity index (χ1v) is 9.38. The van der Waals surface area contributed by atoms with E-state index in [0.717, 1.165) is 0 Å². The molecule has 29 heavy (non-hydrogen) atoms. The molecule has 2 N–H and O–H groups in total. The Labute approximate surface area is 167 Å². The van der Waals surface area contributed by atoms with Crippen LogP contribution in [0, 0.1) is 0 Å². The summed E-state index contributed by atoms with van der Waals surface area (Å²) in [7, 11) is 0. The van der Waals surface area contributed by atoms with Crippen LogP contribution in [0.3, 0.4) is 0 Å². The number of carbonyl (C=O) groups excluding carboxylic acids is 3. The zero-order valence-electron chi connectivity index (χ0n) is 15.9. The minimum Gasteiger partial charge on any atom is -0.486 e. The predicted molar refractivity (Wildman–Crippen MR) is 107 cm³/mol. The number of fused-ring (bicyclic) bond motifs is 1. The van der Waals surface area contributed by atoms with Crippen molar-refractivity contribution in [1.29, 1.82) is 0 Å². The SMILES string of the molecule is CC(=O)c1ccc(NC(=O)N[C@@H]2CC(=O)N(c3ccc4c(c3)OCCO4)C2)cc1. The molecule has 2 aliphatic rings. The topological polar surface area (TPSA) is 97.0 Å². The first-order chi connectivity index (χ1) is 14.0. The Morgan fingerprint density at radius 1 is 1.03 bits per heavy atom. The smallest absolute Gasteiger partial charge is 0.319 e. The molecule has 0 saturated carbocycles. The zero-order valence-corrected chi connectivity index (χ0v) is 15.9. The largest absolute Gasteiger partial charge is 0.486 e. The van der Waals surface area contributed by atoms with Gasteiger partial charge in [0.25, 0.3) is 0 Å². The summed E-state index contributed by atoms with van der Waals surface area (Å²) >= 11 is 0. The number of urea groups is 1. The molecule has 1 fully saturated rings. The lowest BCUT2D eigenvalue weighted by Gasteiger charge is -2.22. The Bertz CT molecular complexity index is 957. The minimum atomic E-state index is -0.401. The maximum Gasteiger partial charge on any atom is 0.319 e. The Balaban J connectivity index is 1.36. The number of nitrogens with zero attached hydrogens (tertiary/aromatic N) is 1. The molecule has 1 atom stereocenters. The molecule has 3 amide bonds. The lowest BCUT2D eigenvalue weighted by Crippen LogP contribution is -2.39.